The Bertz CT molecular complexity index is 3230. The first-order valence-electron chi connectivity index (χ1n) is 28.5. The standard InChI is InChI=1S/C18H24N2O4.C15H19NO3.C13H16N4O2.C11H14O4.C9H10O3/c1-3-23-18-11-15(4-5-17(18)24-14-21-2)10-16(12-19)13-20-6-8-22-9-7-20;1-4-12(10-16)8-13-6-7-14(19-11-17-3)15(9-13)18-5-2;1-2-19-11-6-8(3-4-10(11)18)5-9-7-16-13(15)17-12(9)14;1-3-14-11-6-9(7-12)4-5-10(11)15-8-13-2;1-2-12-9-5-7(6-10)3-4-8(9)11/h4-5,11,13H,3,6-10,14H2,1-2H3;4,6-7,9H,5,8,11H2,1-3H3;3-4,6-7,18H,2,5H2,1H3,(H4,14,15,16,17);4-7H,3,8H2,1-2H3;3-6,11H,2H2,1H3/b16-13-;12-4-;;;. The van der Waals surface area contributed by atoms with Crippen LogP contribution in [0.2, 0.25) is 0 Å². The number of aldehydes is 2. The predicted molar refractivity (Wildman–Crippen MR) is 336 cm³/mol. The lowest BCUT2D eigenvalue weighted by atomic mass is 10.1. The van der Waals surface area contributed by atoms with E-state index in [1.54, 1.807) is 63.9 Å². The molecule has 0 unspecified atom stereocenters. The molecular formula is C66H83N7O16. The number of benzene rings is 5. The number of morpholine rings is 1. The highest BCUT2D eigenvalue weighted by atomic mass is 16.7. The van der Waals surface area contributed by atoms with Gasteiger partial charge in [-0.25, -0.2) is 4.98 Å². The van der Waals surface area contributed by atoms with Gasteiger partial charge in [0.2, 0.25) is 5.95 Å². The smallest absolute Gasteiger partial charge is 0.221 e. The molecule has 0 saturated carbocycles. The molecule has 1 saturated heterocycles. The number of aromatic nitrogens is 2. The number of aromatic hydroxyl groups is 2. The molecule has 478 valence electrons. The summed E-state index contributed by atoms with van der Waals surface area (Å²) < 4.78 is 63.0. The van der Waals surface area contributed by atoms with Gasteiger partial charge in [0.15, 0.2) is 77.9 Å². The minimum atomic E-state index is 0.0578. The molecule has 6 aromatic rings. The van der Waals surface area contributed by atoms with Crippen LogP contribution in [0, 0.1) is 22.7 Å². The normalized spacial score (nSPS) is 11.5. The van der Waals surface area contributed by atoms with Gasteiger partial charge in [0, 0.05) is 93.9 Å². The fourth-order valence-corrected chi connectivity index (χ4v) is 7.74. The lowest BCUT2D eigenvalue weighted by molar-refractivity contribution is 0.0486. The van der Waals surface area contributed by atoms with Crippen LogP contribution >= 0.6 is 0 Å². The number of carbonyl (C=O) groups is 2. The first-order chi connectivity index (χ1) is 43.2. The van der Waals surface area contributed by atoms with Gasteiger partial charge in [0.25, 0.3) is 0 Å². The number of phenolic OH excluding ortho intramolecular Hbond substituents is 2. The van der Waals surface area contributed by atoms with Gasteiger partial charge in [-0.05, 0) is 131 Å². The van der Waals surface area contributed by atoms with E-state index in [0.717, 1.165) is 47.2 Å². The molecule has 89 heavy (non-hydrogen) atoms. The van der Waals surface area contributed by atoms with E-state index in [4.69, 9.17) is 73.6 Å². The molecule has 1 aliphatic rings. The molecule has 0 radical (unpaired) electrons. The quantitative estimate of drug-likeness (QED) is 0.0201. The summed E-state index contributed by atoms with van der Waals surface area (Å²) in [5.74, 6) is 5.24. The van der Waals surface area contributed by atoms with Crippen molar-refractivity contribution in [1.82, 2.24) is 14.9 Å². The number of methoxy groups -OCH3 is 3. The Hall–Kier alpha value is -9.78. The average molecular weight is 1230 g/mol. The van der Waals surface area contributed by atoms with Crippen LogP contribution in [0.5, 0.6) is 57.5 Å². The summed E-state index contributed by atoms with van der Waals surface area (Å²) in [6.45, 7) is 17.4. The number of hydrogen-bond donors (Lipinski definition) is 4. The van der Waals surface area contributed by atoms with Crippen molar-refractivity contribution in [2.45, 2.75) is 60.8 Å². The summed E-state index contributed by atoms with van der Waals surface area (Å²) >= 11 is 0. The number of nitrogens with zero attached hydrogens (tertiary/aromatic N) is 5. The van der Waals surface area contributed by atoms with Gasteiger partial charge in [-0.15, -0.1) is 0 Å². The molecular weight excluding hydrogens is 1150 g/mol. The number of allylic oxidation sites excluding steroid dienone is 3. The molecule has 0 amide bonds. The maximum Gasteiger partial charge on any atom is 0.221 e. The van der Waals surface area contributed by atoms with E-state index in [1.807, 2.05) is 90.2 Å². The van der Waals surface area contributed by atoms with Crippen LogP contribution in [0.3, 0.4) is 0 Å². The van der Waals surface area contributed by atoms with E-state index < -0.39 is 0 Å². The maximum absolute atomic E-state index is 10.6. The summed E-state index contributed by atoms with van der Waals surface area (Å²) in [5.41, 5.74) is 17.5. The van der Waals surface area contributed by atoms with Crippen molar-refractivity contribution in [3.8, 4) is 69.6 Å². The summed E-state index contributed by atoms with van der Waals surface area (Å²) in [6.07, 6.45) is 8.52. The van der Waals surface area contributed by atoms with Crippen LogP contribution in [-0.4, -0.2) is 139 Å². The Morgan fingerprint density at radius 2 is 0.966 bits per heavy atom. The number of phenols is 2. The number of hydrogen-bond acceptors (Lipinski definition) is 23. The molecule has 7 rings (SSSR count). The first kappa shape index (κ1) is 73.5. The summed E-state index contributed by atoms with van der Waals surface area (Å²) in [5, 5.41) is 37.2. The van der Waals surface area contributed by atoms with Crippen LogP contribution in [-0.2, 0) is 38.2 Å². The van der Waals surface area contributed by atoms with Gasteiger partial charge < -0.3 is 83.4 Å². The molecule has 1 aliphatic heterocycles. The van der Waals surface area contributed by atoms with E-state index in [1.165, 1.54) is 18.2 Å². The zero-order valence-corrected chi connectivity index (χ0v) is 52.2. The predicted octanol–water partition coefficient (Wildman–Crippen LogP) is 10.3. The monoisotopic (exact) mass is 1230 g/mol. The largest absolute Gasteiger partial charge is 0.504 e. The third-order valence-electron chi connectivity index (χ3n) is 11.9. The lowest BCUT2D eigenvalue weighted by Gasteiger charge is -2.25. The highest BCUT2D eigenvalue weighted by molar-refractivity contribution is 5.77. The van der Waals surface area contributed by atoms with Crippen molar-refractivity contribution in [3.05, 3.63) is 154 Å². The fourth-order valence-electron chi connectivity index (χ4n) is 7.74. The molecule has 1 aromatic heterocycles. The first-order valence-corrected chi connectivity index (χ1v) is 28.5. The number of nitrogens with two attached hydrogens (primary N) is 2. The number of rotatable bonds is 28. The zero-order chi connectivity index (χ0) is 65.2. The molecule has 5 aromatic carbocycles. The van der Waals surface area contributed by atoms with Crippen LogP contribution in [0.1, 0.15) is 84.5 Å². The number of nitriles is 2. The Kier molecular flexibility index (Phi) is 35.5. The van der Waals surface area contributed by atoms with E-state index >= 15 is 0 Å². The van der Waals surface area contributed by atoms with E-state index in [-0.39, 0.29) is 37.8 Å². The molecule has 0 spiro atoms. The summed E-state index contributed by atoms with van der Waals surface area (Å²) in [4.78, 5) is 30.9. The van der Waals surface area contributed by atoms with E-state index in [0.29, 0.717) is 140 Å². The van der Waals surface area contributed by atoms with Gasteiger partial charge in [-0.3, -0.25) is 9.59 Å². The van der Waals surface area contributed by atoms with Gasteiger partial charge in [0.1, 0.15) is 18.4 Å². The Labute approximate surface area is 521 Å². The van der Waals surface area contributed by atoms with Gasteiger partial charge in [-0.2, -0.15) is 15.5 Å². The molecule has 0 aliphatic carbocycles. The minimum absolute atomic E-state index is 0.0578. The Morgan fingerprint density at radius 1 is 0.562 bits per heavy atom. The third-order valence-corrected chi connectivity index (χ3v) is 11.9. The SMILES string of the molecule is C/C=C(\C#N)Cc1ccc(OCOC)c(OCC)c1.CCOc1cc(C/C(C#N)=C/N2CCOCC2)ccc1OCOC.CCOc1cc(C=O)ccc1O.CCOc1cc(C=O)ccc1OCOC.CCOc1cc(Cc2cnc(N)nc2N)ccc1O. The highest BCUT2D eigenvalue weighted by Crippen LogP contribution is 2.33. The minimum Gasteiger partial charge on any atom is -0.504 e. The van der Waals surface area contributed by atoms with Crippen LogP contribution < -0.4 is 49.4 Å². The van der Waals surface area contributed by atoms with Crippen LogP contribution in [0.25, 0.3) is 0 Å². The van der Waals surface area contributed by atoms with Crippen molar-refractivity contribution in [3.63, 3.8) is 0 Å². The molecule has 6 N–H and O–H groups in total. The average Bonchev–Trinajstić information content (AvgIpc) is 3.75. The Balaban J connectivity index is 0.000000296. The number of ether oxygens (including phenoxy) is 12. The van der Waals surface area contributed by atoms with Gasteiger partial charge >= 0.3 is 0 Å². The van der Waals surface area contributed by atoms with Gasteiger partial charge in [0.05, 0.1) is 58.4 Å². The van der Waals surface area contributed by atoms with Crippen molar-refractivity contribution in [2.75, 3.05) is 113 Å². The van der Waals surface area contributed by atoms with Gasteiger partial charge in [-0.1, -0.05) is 24.3 Å². The lowest BCUT2D eigenvalue weighted by Crippen LogP contribution is -2.32. The molecule has 0 atom stereocenters. The fraction of sp³-hybridized carbons (Fsp3) is 0.364. The third kappa shape index (κ3) is 27.2. The highest BCUT2D eigenvalue weighted by Gasteiger charge is 2.14. The molecule has 0 bridgehead atoms. The molecule has 1 fully saturated rings. The second kappa shape index (κ2) is 42.9. The second-order valence-corrected chi connectivity index (χ2v) is 18.4. The van der Waals surface area contributed by atoms with Crippen LogP contribution in [0.4, 0.5) is 11.8 Å². The summed E-state index contributed by atoms with van der Waals surface area (Å²) in [7, 11) is 4.68. The van der Waals surface area contributed by atoms with Crippen molar-refractivity contribution < 1.29 is 76.6 Å². The van der Waals surface area contributed by atoms with Crippen molar-refractivity contribution in [1.29, 1.82) is 10.5 Å². The molecule has 23 heteroatoms. The van der Waals surface area contributed by atoms with Crippen molar-refractivity contribution in [2.24, 2.45) is 0 Å². The Morgan fingerprint density at radius 3 is 1.42 bits per heavy atom. The number of nitrogen functional groups attached to an aromatic ring is 2. The van der Waals surface area contributed by atoms with Crippen LogP contribution in [0.15, 0.2) is 121 Å². The van der Waals surface area contributed by atoms with E-state index in [2.05, 4.69) is 27.0 Å². The second-order valence-electron chi connectivity index (χ2n) is 18.4. The molecule has 23 nitrogen and oxygen atoms in total. The van der Waals surface area contributed by atoms with E-state index in [9.17, 15) is 25.1 Å². The zero-order valence-electron chi connectivity index (χ0n) is 52.2. The number of anilines is 2. The van der Waals surface area contributed by atoms with Crippen molar-refractivity contribution >= 4 is 24.3 Å². The molecule has 2 heterocycles. The summed E-state index contributed by atoms with van der Waals surface area (Å²) in [6, 6.07) is 30.5. The number of carbonyl (C=O) groups excluding carboxylic acids is 2. The topological polar surface area (TPSA) is 314 Å². The maximum atomic E-state index is 10.6.